The number of nitrogens with two attached hydrogens (primary N) is 1. The van der Waals surface area contributed by atoms with Crippen molar-refractivity contribution in [2.75, 3.05) is 20.6 Å². The number of hydrogen-bond acceptors (Lipinski definition) is 2. The minimum Gasteiger partial charge on any atom is -0.336 e. The van der Waals surface area contributed by atoms with Crippen molar-refractivity contribution >= 4 is 0 Å². The minimum absolute atomic E-state index is 0.463. The van der Waals surface area contributed by atoms with Gasteiger partial charge in [-0.2, -0.15) is 9.90 Å². The van der Waals surface area contributed by atoms with Crippen LogP contribution in [-0.4, -0.2) is 35.6 Å². The molecule has 0 saturated carbocycles. The normalized spacial score (nSPS) is 12.5. The van der Waals surface area contributed by atoms with Gasteiger partial charge in [-0.25, -0.2) is 0 Å². The maximum Gasteiger partial charge on any atom is 0.162 e. The van der Waals surface area contributed by atoms with Crippen molar-refractivity contribution in [1.29, 1.82) is 0 Å². The third kappa shape index (κ3) is 4.56. The second-order valence-electron chi connectivity index (χ2n) is 6.91. The van der Waals surface area contributed by atoms with Crippen LogP contribution < -0.4 is 10.2 Å². The fourth-order valence-corrected chi connectivity index (χ4v) is 3.16. The average molecular weight is 351 g/mol. The van der Waals surface area contributed by atoms with Gasteiger partial charge in [0.2, 0.25) is 0 Å². The lowest BCUT2D eigenvalue weighted by Crippen LogP contribution is -3.09. The van der Waals surface area contributed by atoms with E-state index < -0.39 is 0 Å². The van der Waals surface area contributed by atoms with E-state index in [4.69, 9.17) is 0 Å². The molecule has 3 aromatic rings. The molecule has 0 bridgehead atoms. The summed E-state index contributed by atoms with van der Waals surface area (Å²) >= 11 is 0. The summed E-state index contributed by atoms with van der Waals surface area (Å²) in [5.41, 5.74) is 4.78. The molecule has 0 radical (unpaired) electrons. The highest BCUT2D eigenvalue weighted by molar-refractivity contribution is 5.28. The third-order valence-corrected chi connectivity index (χ3v) is 4.77. The fourth-order valence-electron chi connectivity index (χ4n) is 3.16. The molecule has 2 aromatic carbocycles. The highest BCUT2D eigenvalue weighted by Crippen LogP contribution is 2.10. The molecule has 0 amide bonds. The summed E-state index contributed by atoms with van der Waals surface area (Å²) in [4.78, 5) is 3.14. The van der Waals surface area contributed by atoms with Crippen molar-refractivity contribution in [3.05, 3.63) is 77.6 Å². The quantitative estimate of drug-likeness (QED) is 0.630. The lowest BCUT2D eigenvalue weighted by molar-refractivity contribution is -0.910. The van der Waals surface area contributed by atoms with E-state index in [0.717, 1.165) is 30.9 Å². The Balaban J connectivity index is 1.59. The first-order valence-electron chi connectivity index (χ1n) is 9.34. The van der Waals surface area contributed by atoms with E-state index >= 15 is 0 Å². The Bertz CT molecular complexity index is 793. The van der Waals surface area contributed by atoms with Crippen LogP contribution in [0.1, 0.15) is 29.8 Å². The smallest absolute Gasteiger partial charge is 0.162 e. The first kappa shape index (κ1) is 18.3. The van der Waals surface area contributed by atoms with Gasteiger partial charge in [0, 0.05) is 5.56 Å². The molecule has 5 nitrogen and oxygen atoms in total. The van der Waals surface area contributed by atoms with Crippen LogP contribution in [0.25, 0.3) is 5.69 Å². The Morgan fingerprint density at radius 3 is 2.42 bits per heavy atom. The van der Waals surface area contributed by atoms with Crippen LogP contribution in [0.15, 0.2) is 60.8 Å². The Morgan fingerprint density at radius 2 is 1.77 bits per heavy atom. The molecule has 0 fully saturated rings. The zero-order valence-corrected chi connectivity index (χ0v) is 15.9. The average Bonchev–Trinajstić information content (AvgIpc) is 3.15. The summed E-state index contributed by atoms with van der Waals surface area (Å²) < 4.78 is 0. The van der Waals surface area contributed by atoms with Crippen LogP contribution in [0.3, 0.4) is 0 Å². The Hall–Kier alpha value is -2.50. The Kier molecular flexibility index (Phi) is 6.15. The highest BCUT2D eigenvalue weighted by Gasteiger charge is 2.20. The number of para-hydroxylation sites is 1. The summed E-state index contributed by atoms with van der Waals surface area (Å²) in [5.74, 6) is 0. The molecule has 0 aliphatic heterocycles. The maximum absolute atomic E-state index is 4.59. The van der Waals surface area contributed by atoms with Crippen LogP contribution in [0, 0.1) is 0 Å². The number of nitrogens with zero attached hydrogens (tertiary/aromatic N) is 3. The van der Waals surface area contributed by atoms with Crippen LogP contribution in [0.5, 0.6) is 0 Å². The Labute approximate surface area is 155 Å². The van der Waals surface area contributed by atoms with E-state index in [1.807, 2.05) is 36.5 Å². The number of hydrogen-bond donors (Lipinski definition) is 2. The third-order valence-electron chi connectivity index (χ3n) is 4.77. The number of nitrogens with one attached hydrogen (secondary N) is 1. The van der Waals surface area contributed by atoms with Crippen LogP contribution in [0.2, 0.25) is 0 Å². The summed E-state index contributed by atoms with van der Waals surface area (Å²) in [6.45, 7) is 4.05. The number of aromatic nitrogens is 3. The number of quaternary nitrogens is 2. The summed E-state index contributed by atoms with van der Waals surface area (Å²) in [7, 11) is 4.44. The summed E-state index contributed by atoms with van der Waals surface area (Å²) in [6.07, 6.45) is 2.94. The van der Waals surface area contributed by atoms with Crippen molar-refractivity contribution < 1.29 is 10.2 Å². The lowest BCUT2D eigenvalue weighted by atomic mass is 10.0. The molecule has 0 saturated heterocycles. The van der Waals surface area contributed by atoms with Gasteiger partial charge in [0.05, 0.1) is 26.0 Å². The molecule has 0 unspecified atom stereocenters. The first-order valence-corrected chi connectivity index (χ1v) is 9.34. The monoisotopic (exact) mass is 351 g/mol. The topological polar surface area (TPSA) is 51.8 Å². The predicted molar refractivity (Wildman–Crippen MR) is 103 cm³/mol. The second-order valence-corrected chi connectivity index (χ2v) is 6.91. The predicted octanol–water partition coefficient (Wildman–Crippen LogP) is 0.779. The molecule has 0 aliphatic carbocycles. The molecule has 3 N–H and O–H groups in total. The molecule has 26 heavy (non-hydrogen) atoms. The van der Waals surface area contributed by atoms with Gasteiger partial charge in [-0.05, 0) is 24.1 Å². The molecule has 0 spiro atoms. The van der Waals surface area contributed by atoms with E-state index in [0.29, 0.717) is 6.04 Å². The summed E-state index contributed by atoms with van der Waals surface area (Å²) in [6, 6.07) is 19.5. The van der Waals surface area contributed by atoms with Crippen LogP contribution in [-0.2, 0) is 13.0 Å². The van der Waals surface area contributed by atoms with Crippen LogP contribution >= 0.6 is 0 Å². The van der Waals surface area contributed by atoms with Crippen molar-refractivity contribution in [2.45, 2.75) is 25.9 Å². The standard InChI is InChI=1S/C21H27N5/c1-4-17-10-12-18(13-11-17)21(25(2)3)16-22-14-19-15-23-26(24-19)20-8-6-5-7-9-20/h5-13,15,21-22H,4,14,16H2,1-3H3/p+2/t21-/m1/s1. The molecule has 0 aliphatic rings. The van der Waals surface area contributed by atoms with Gasteiger partial charge in [-0.1, -0.05) is 49.4 Å². The Morgan fingerprint density at radius 1 is 1.04 bits per heavy atom. The zero-order valence-electron chi connectivity index (χ0n) is 15.9. The zero-order chi connectivity index (χ0) is 18.4. The maximum atomic E-state index is 4.59. The van der Waals surface area contributed by atoms with E-state index in [1.165, 1.54) is 16.0 Å². The fraction of sp³-hybridized carbons (Fsp3) is 0.333. The van der Waals surface area contributed by atoms with Gasteiger partial charge in [0.1, 0.15) is 18.8 Å². The van der Waals surface area contributed by atoms with Crippen molar-refractivity contribution in [3.8, 4) is 5.69 Å². The minimum atomic E-state index is 0.463. The second kappa shape index (κ2) is 8.74. The van der Waals surface area contributed by atoms with Gasteiger partial charge in [-0.15, -0.1) is 5.10 Å². The molecular formula is C21H29N5+2. The molecule has 1 atom stereocenters. The van der Waals surface area contributed by atoms with Gasteiger partial charge in [-0.3, -0.25) is 0 Å². The van der Waals surface area contributed by atoms with Gasteiger partial charge < -0.3 is 10.2 Å². The molecular weight excluding hydrogens is 322 g/mol. The van der Waals surface area contributed by atoms with Crippen molar-refractivity contribution in [1.82, 2.24) is 15.0 Å². The van der Waals surface area contributed by atoms with Crippen molar-refractivity contribution in [2.24, 2.45) is 0 Å². The highest BCUT2D eigenvalue weighted by atomic mass is 15.5. The van der Waals surface area contributed by atoms with E-state index in [-0.39, 0.29) is 0 Å². The SMILES string of the molecule is CCc1ccc([C@@H](C[NH2+]Cc2cnn(-c3ccccc3)n2)[NH+](C)C)cc1. The van der Waals surface area contributed by atoms with Crippen LogP contribution in [0.4, 0.5) is 0 Å². The largest absolute Gasteiger partial charge is 0.336 e. The van der Waals surface area contributed by atoms with E-state index in [1.54, 1.807) is 4.80 Å². The van der Waals surface area contributed by atoms with Gasteiger partial charge >= 0.3 is 0 Å². The van der Waals surface area contributed by atoms with E-state index in [9.17, 15) is 0 Å². The van der Waals surface area contributed by atoms with E-state index in [2.05, 4.69) is 60.8 Å². The number of likely N-dealkylation sites (N-methyl/N-ethyl adjacent to an activating group) is 1. The lowest BCUT2D eigenvalue weighted by Gasteiger charge is -2.20. The molecule has 5 heteroatoms. The van der Waals surface area contributed by atoms with Crippen molar-refractivity contribution in [3.63, 3.8) is 0 Å². The van der Waals surface area contributed by atoms with Gasteiger partial charge in [0.15, 0.2) is 6.04 Å². The number of rotatable bonds is 8. The van der Waals surface area contributed by atoms with Gasteiger partial charge in [0.25, 0.3) is 0 Å². The molecule has 136 valence electrons. The number of aryl methyl sites for hydroxylation is 1. The molecule has 3 rings (SSSR count). The first-order chi connectivity index (χ1) is 12.7. The summed E-state index contributed by atoms with van der Waals surface area (Å²) in [5, 5.41) is 11.3. The molecule has 1 heterocycles. The molecule has 1 aromatic heterocycles. The number of benzene rings is 2.